The van der Waals surface area contributed by atoms with Gasteiger partial charge < -0.3 is 10.4 Å². The van der Waals surface area contributed by atoms with Gasteiger partial charge in [0, 0.05) is 5.38 Å². The molecule has 0 aliphatic heterocycles. The van der Waals surface area contributed by atoms with Gasteiger partial charge in [0.2, 0.25) is 0 Å². The van der Waals surface area contributed by atoms with Crippen LogP contribution in [0.2, 0.25) is 0 Å². The summed E-state index contributed by atoms with van der Waals surface area (Å²) in [6, 6.07) is -0.975. The highest BCUT2D eigenvalue weighted by Crippen LogP contribution is 2.31. The predicted molar refractivity (Wildman–Crippen MR) is 47.8 cm³/mol. The number of nitrogens with zero attached hydrogens (tertiary/aromatic N) is 1. The monoisotopic (exact) mass is 240 g/mol. The Balaban J connectivity index is 2.73. The summed E-state index contributed by atoms with van der Waals surface area (Å²) < 4.78 is 36.3. The van der Waals surface area contributed by atoms with E-state index in [1.165, 1.54) is 6.92 Å². The van der Waals surface area contributed by atoms with Gasteiger partial charge in [0.15, 0.2) is 10.8 Å². The number of carbonyl (C=O) groups is 1. The van der Waals surface area contributed by atoms with E-state index >= 15 is 0 Å². The minimum Gasteiger partial charge on any atom is -0.480 e. The van der Waals surface area contributed by atoms with Crippen molar-refractivity contribution < 1.29 is 23.1 Å². The van der Waals surface area contributed by atoms with Crippen LogP contribution in [-0.4, -0.2) is 22.1 Å². The van der Waals surface area contributed by atoms with Crippen LogP contribution < -0.4 is 5.32 Å². The fourth-order valence-electron chi connectivity index (χ4n) is 0.717. The zero-order chi connectivity index (χ0) is 11.6. The normalized spacial score (nSPS) is 13.6. The molecule has 84 valence electrons. The molecule has 1 rings (SSSR count). The van der Waals surface area contributed by atoms with Gasteiger partial charge >= 0.3 is 12.1 Å². The van der Waals surface area contributed by atoms with Crippen molar-refractivity contribution >= 4 is 22.4 Å². The lowest BCUT2D eigenvalue weighted by Crippen LogP contribution is -2.25. The number of nitrogens with one attached hydrogen (secondary N) is 1. The molecule has 0 saturated heterocycles. The Kier molecular flexibility index (Phi) is 3.18. The molecule has 1 heterocycles. The van der Waals surface area contributed by atoms with Crippen LogP contribution in [0.5, 0.6) is 0 Å². The molecule has 0 amide bonds. The molecule has 0 radical (unpaired) electrons. The molecule has 1 aromatic rings. The van der Waals surface area contributed by atoms with Crippen LogP contribution in [0.15, 0.2) is 5.38 Å². The second-order valence-electron chi connectivity index (χ2n) is 2.74. The summed E-state index contributed by atoms with van der Waals surface area (Å²) in [5.41, 5.74) is -1.02. The van der Waals surface area contributed by atoms with Crippen LogP contribution in [0.1, 0.15) is 12.6 Å². The number of aromatic nitrogens is 1. The Labute approximate surface area is 86.8 Å². The number of hydrogen-bond acceptors (Lipinski definition) is 4. The van der Waals surface area contributed by atoms with E-state index in [2.05, 4.69) is 10.3 Å². The van der Waals surface area contributed by atoms with E-state index in [1.807, 2.05) is 0 Å². The number of anilines is 1. The van der Waals surface area contributed by atoms with Crippen LogP contribution in [-0.2, 0) is 11.0 Å². The Morgan fingerprint density at radius 3 is 2.67 bits per heavy atom. The number of alkyl halides is 3. The average molecular weight is 240 g/mol. The van der Waals surface area contributed by atoms with Crippen LogP contribution in [0, 0.1) is 0 Å². The first-order valence-corrected chi connectivity index (χ1v) is 4.70. The van der Waals surface area contributed by atoms with Crippen LogP contribution in [0.4, 0.5) is 18.3 Å². The van der Waals surface area contributed by atoms with E-state index in [1.54, 1.807) is 0 Å². The van der Waals surface area contributed by atoms with Crippen molar-refractivity contribution in [2.75, 3.05) is 5.32 Å². The number of aliphatic carboxylic acids is 1. The molecule has 0 bridgehead atoms. The van der Waals surface area contributed by atoms with Crippen molar-refractivity contribution in [1.29, 1.82) is 0 Å². The van der Waals surface area contributed by atoms with Crippen molar-refractivity contribution in [1.82, 2.24) is 4.98 Å². The topological polar surface area (TPSA) is 62.2 Å². The van der Waals surface area contributed by atoms with Gasteiger partial charge in [-0.05, 0) is 6.92 Å². The summed E-state index contributed by atoms with van der Waals surface area (Å²) in [6.07, 6.45) is -4.50. The first kappa shape index (κ1) is 11.8. The lowest BCUT2D eigenvalue weighted by molar-refractivity contribution is -0.140. The molecule has 2 N–H and O–H groups in total. The summed E-state index contributed by atoms with van der Waals surface area (Å²) >= 11 is 0.717. The predicted octanol–water partition coefficient (Wildman–Crippen LogP) is 2.05. The third-order valence-electron chi connectivity index (χ3n) is 1.51. The number of carboxylic acid groups (broad SMARTS) is 1. The molecular formula is C7H7F3N2O2S. The third-order valence-corrected chi connectivity index (χ3v) is 2.28. The smallest absolute Gasteiger partial charge is 0.434 e. The van der Waals surface area contributed by atoms with Crippen molar-refractivity contribution in [2.24, 2.45) is 0 Å². The SMILES string of the molecule is C[C@@H](Nc1nc(C(F)(F)F)cs1)C(=O)O. The molecule has 0 fully saturated rings. The van der Waals surface area contributed by atoms with Crippen molar-refractivity contribution in [3.8, 4) is 0 Å². The molecule has 0 aliphatic carbocycles. The number of hydrogen-bond donors (Lipinski definition) is 2. The molecule has 0 aromatic carbocycles. The maximum Gasteiger partial charge on any atom is 0.434 e. The van der Waals surface area contributed by atoms with E-state index in [9.17, 15) is 18.0 Å². The molecule has 1 atom stereocenters. The maximum absolute atomic E-state index is 12.1. The summed E-state index contributed by atoms with van der Waals surface area (Å²) in [4.78, 5) is 13.6. The van der Waals surface area contributed by atoms with Gasteiger partial charge in [0.1, 0.15) is 6.04 Å². The van der Waals surface area contributed by atoms with Crippen LogP contribution in [0.3, 0.4) is 0 Å². The average Bonchev–Trinajstić information content (AvgIpc) is 2.51. The molecule has 1 aromatic heterocycles. The quantitative estimate of drug-likeness (QED) is 0.848. The zero-order valence-corrected chi connectivity index (χ0v) is 8.32. The first-order valence-electron chi connectivity index (χ1n) is 3.83. The zero-order valence-electron chi connectivity index (χ0n) is 7.50. The lowest BCUT2D eigenvalue weighted by Gasteiger charge is -2.06. The van der Waals surface area contributed by atoms with E-state index in [0.717, 1.165) is 5.38 Å². The standard InChI is InChI=1S/C7H7F3N2O2S/c1-3(5(13)14)11-6-12-4(2-15-6)7(8,9)10/h2-3H,1H3,(H,11,12)(H,13,14)/t3-/m1/s1. The van der Waals surface area contributed by atoms with Gasteiger partial charge in [-0.15, -0.1) is 11.3 Å². The number of halogens is 3. The number of carboxylic acids is 1. The van der Waals surface area contributed by atoms with Gasteiger partial charge in [-0.2, -0.15) is 13.2 Å². The second kappa shape index (κ2) is 4.05. The summed E-state index contributed by atoms with van der Waals surface area (Å²) in [5, 5.41) is 11.6. The Morgan fingerprint density at radius 1 is 1.67 bits per heavy atom. The van der Waals surface area contributed by atoms with E-state index in [-0.39, 0.29) is 5.13 Å². The van der Waals surface area contributed by atoms with E-state index in [0.29, 0.717) is 11.3 Å². The maximum atomic E-state index is 12.1. The highest BCUT2D eigenvalue weighted by atomic mass is 32.1. The largest absolute Gasteiger partial charge is 0.480 e. The molecule has 15 heavy (non-hydrogen) atoms. The van der Waals surface area contributed by atoms with E-state index in [4.69, 9.17) is 5.11 Å². The van der Waals surface area contributed by atoms with Crippen molar-refractivity contribution in [2.45, 2.75) is 19.1 Å². The lowest BCUT2D eigenvalue weighted by atomic mass is 10.4. The highest BCUT2D eigenvalue weighted by Gasteiger charge is 2.33. The molecule has 0 spiro atoms. The fourth-order valence-corrected chi connectivity index (χ4v) is 1.52. The van der Waals surface area contributed by atoms with Crippen LogP contribution in [0.25, 0.3) is 0 Å². The highest BCUT2D eigenvalue weighted by molar-refractivity contribution is 7.13. The minimum absolute atomic E-state index is 0.0581. The fraction of sp³-hybridized carbons (Fsp3) is 0.429. The summed E-state index contributed by atoms with van der Waals surface area (Å²) in [7, 11) is 0. The van der Waals surface area contributed by atoms with Gasteiger partial charge in [-0.3, -0.25) is 4.79 Å². The molecule has 0 saturated carbocycles. The molecule has 4 nitrogen and oxygen atoms in total. The Morgan fingerprint density at radius 2 is 2.27 bits per heavy atom. The summed E-state index contributed by atoms with van der Waals surface area (Å²) in [6.45, 7) is 1.32. The van der Waals surface area contributed by atoms with Gasteiger partial charge in [-0.1, -0.05) is 0 Å². The molecule has 0 unspecified atom stereocenters. The Bertz CT molecular complexity index is 363. The molecule has 8 heteroatoms. The van der Waals surface area contributed by atoms with Gasteiger partial charge in [-0.25, -0.2) is 4.98 Å². The van der Waals surface area contributed by atoms with Gasteiger partial charge in [0.05, 0.1) is 0 Å². The summed E-state index contributed by atoms with van der Waals surface area (Å²) in [5.74, 6) is -1.15. The third kappa shape index (κ3) is 3.08. The Hall–Kier alpha value is -1.31. The molecular weight excluding hydrogens is 233 g/mol. The second-order valence-corrected chi connectivity index (χ2v) is 3.60. The minimum atomic E-state index is -4.50. The number of thiazole rings is 1. The van der Waals surface area contributed by atoms with Crippen LogP contribution >= 0.6 is 11.3 Å². The first-order chi connectivity index (χ1) is 6.80. The molecule has 0 aliphatic rings. The van der Waals surface area contributed by atoms with Crippen molar-refractivity contribution in [3.05, 3.63) is 11.1 Å². The van der Waals surface area contributed by atoms with Crippen molar-refractivity contribution in [3.63, 3.8) is 0 Å². The number of rotatable bonds is 3. The van der Waals surface area contributed by atoms with Gasteiger partial charge in [0.25, 0.3) is 0 Å². The van der Waals surface area contributed by atoms with E-state index < -0.39 is 23.9 Å².